The van der Waals surface area contributed by atoms with Crippen molar-refractivity contribution >= 4 is 17.9 Å². The molecule has 0 aromatic rings. The van der Waals surface area contributed by atoms with Crippen LogP contribution in [0.15, 0.2) is 11.6 Å². The Hall–Kier alpha value is -1.93. The summed E-state index contributed by atoms with van der Waals surface area (Å²) >= 11 is 0. The SMILES string of the molecule is COCCOCCC=C(CC(=O)O)C(=O)OCC(=O)O. The van der Waals surface area contributed by atoms with Gasteiger partial charge in [0.1, 0.15) is 0 Å². The number of hydrogen-bond acceptors (Lipinski definition) is 6. The molecule has 0 amide bonds. The number of esters is 1. The number of hydrogen-bond donors (Lipinski definition) is 2. The number of ether oxygens (including phenoxy) is 3. The van der Waals surface area contributed by atoms with Crippen LogP contribution in [0.1, 0.15) is 12.8 Å². The predicted octanol–water partition coefficient (Wildman–Crippen LogP) is 0.0684. The maximum absolute atomic E-state index is 11.5. The van der Waals surface area contributed by atoms with Gasteiger partial charge in [0.05, 0.1) is 26.2 Å². The zero-order chi connectivity index (χ0) is 15.4. The van der Waals surface area contributed by atoms with Crippen molar-refractivity contribution in [2.24, 2.45) is 0 Å². The minimum absolute atomic E-state index is 0.103. The second kappa shape index (κ2) is 10.9. The van der Waals surface area contributed by atoms with E-state index in [0.29, 0.717) is 26.2 Å². The lowest BCUT2D eigenvalue weighted by atomic mass is 10.1. The summed E-state index contributed by atoms with van der Waals surface area (Å²) in [6.07, 6.45) is 1.15. The molecule has 8 nitrogen and oxygen atoms in total. The topological polar surface area (TPSA) is 119 Å². The Kier molecular flexibility index (Phi) is 9.89. The van der Waals surface area contributed by atoms with Crippen LogP contribution in [0.4, 0.5) is 0 Å². The van der Waals surface area contributed by atoms with Gasteiger partial charge in [-0.15, -0.1) is 0 Å². The summed E-state index contributed by atoms with van der Waals surface area (Å²) in [7, 11) is 1.53. The van der Waals surface area contributed by atoms with Gasteiger partial charge in [-0.05, 0) is 6.42 Å². The Morgan fingerprint density at radius 3 is 2.30 bits per heavy atom. The molecule has 8 heteroatoms. The Balaban J connectivity index is 4.27. The summed E-state index contributed by atoms with van der Waals surface area (Å²) in [6, 6.07) is 0. The number of aliphatic carboxylic acids is 2. The molecule has 0 aromatic carbocycles. The molecule has 0 aliphatic carbocycles. The number of carbonyl (C=O) groups excluding carboxylic acids is 1. The summed E-state index contributed by atoms with van der Waals surface area (Å²) in [4.78, 5) is 32.3. The highest BCUT2D eigenvalue weighted by atomic mass is 16.5. The van der Waals surface area contributed by atoms with E-state index >= 15 is 0 Å². The van der Waals surface area contributed by atoms with E-state index in [-0.39, 0.29) is 5.57 Å². The molecule has 0 bridgehead atoms. The Labute approximate surface area is 115 Å². The summed E-state index contributed by atoms with van der Waals surface area (Å²) in [5.74, 6) is -3.47. The summed E-state index contributed by atoms with van der Waals surface area (Å²) in [5.41, 5.74) is -0.103. The average Bonchev–Trinajstić information content (AvgIpc) is 2.38. The second-order valence-electron chi connectivity index (χ2n) is 3.66. The van der Waals surface area contributed by atoms with Crippen LogP contribution in [0.25, 0.3) is 0 Å². The fraction of sp³-hybridized carbons (Fsp3) is 0.583. The molecule has 0 saturated heterocycles. The molecule has 0 unspecified atom stereocenters. The molecular formula is C12H18O8. The van der Waals surface area contributed by atoms with Crippen LogP contribution in [-0.2, 0) is 28.6 Å². The molecule has 0 spiro atoms. The minimum Gasteiger partial charge on any atom is -0.481 e. The third-order valence-corrected chi connectivity index (χ3v) is 2.02. The summed E-state index contributed by atoms with van der Waals surface area (Å²) in [5, 5.41) is 17.0. The first-order valence-electron chi connectivity index (χ1n) is 5.83. The molecule has 114 valence electrons. The van der Waals surface area contributed by atoms with Crippen LogP contribution in [0.2, 0.25) is 0 Å². The van der Waals surface area contributed by atoms with Crippen molar-refractivity contribution in [2.45, 2.75) is 12.8 Å². The van der Waals surface area contributed by atoms with Crippen molar-refractivity contribution in [3.05, 3.63) is 11.6 Å². The van der Waals surface area contributed by atoms with Gasteiger partial charge in [-0.1, -0.05) is 6.08 Å². The lowest BCUT2D eigenvalue weighted by Gasteiger charge is -2.05. The van der Waals surface area contributed by atoms with Crippen LogP contribution in [0, 0.1) is 0 Å². The van der Waals surface area contributed by atoms with Gasteiger partial charge in [0, 0.05) is 12.7 Å². The molecule has 0 radical (unpaired) electrons. The van der Waals surface area contributed by atoms with Gasteiger partial charge >= 0.3 is 17.9 Å². The molecule has 0 aliphatic heterocycles. The number of methoxy groups -OCH3 is 1. The molecule has 0 saturated carbocycles. The molecule has 0 aliphatic rings. The monoisotopic (exact) mass is 290 g/mol. The van der Waals surface area contributed by atoms with E-state index in [9.17, 15) is 14.4 Å². The Morgan fingerprint density at radius 2 is 1.75 bits per heavy atom. The first kappa shape index (κ1) is 18.1. The van der Waals surface area contributed by atoms with Crippen molar-refractivity contribution in [1.82, 2.24) is 0 Å². The fourth-order valence-corrected chi connectivity index (χ4v) is 1.17. The average molecular weight is 290 g/mol. The van der Waals surface area contributed by atoms with Crippen LogP contribution in [0.3, 0.4) is 0 Å². The van der Waals surface area contributed by atoms with Crippen LogP contribution >= 0.6 is 0 Å². The Morgan fingerprint density at radius 1 is 1.05 bits per heavy atom. The van der Waals surface area contributed by atoms with E-state index in [1.54, 1.807) is 0 Å². The number of carboxylic acids is 2. The summed E-state index contributed by atoms with van der Waals surface area (Å²) < 4.78 is 14.3. The van der Waals surface area contributed by atoms with Crippen LogP contribution < -0.4 is 0 Å². The standard InChI is InChI=1S/C12H18O8/c1-18-5-6-19-4-2-3-9(7-10(13)14)12(17)20-8-11(15)16/h3H,2,4-8H2,1H3,(H,13,14)(H,15,16). The maximum atomic E-state index is 11.5. The Bertz CT molecular complexity index is 360. The third kappa shape index (κ3) is 10.0. The van der Waals surface area contributed by atoms with Crippen molar-refractivity contribution < 1.29 is 38.8 Å². The molecule has 0 fully saturated rings. The molecular weight excluding hydrogens is 272 g/mol. The van der Waals surface area contributed by atoms with E-state index in [0.717, 1.165) is 0 Å². The zero-order valence-electron chi connectivity index (χ0n) is 11.2. The van der Waals surface area contributed by atoms with Gasteiger partial charge in [-0.3, -0.25) is 4.79 Å². The van der Waals surface area contributed by atoms with Gasteiger partial charge in [0.15, 0.2) is 6.61 Å². The third-order valence-electron chi connectivity index (χ3n) is 2.02. The smallest absolute Gasteiger partial charge is 0.341 e. The van der Waals surface area contributed by atoms with Crippen LogP contribution in [-0.4, -0.2) is 61.7 Å². The van der Waals surface area contributed by atoms with Crippen LogP contribution in [0.5, 0.6) is 0 Å². The molecule has 0 aromatic heterocycles. The van der Waals surface area contributed by atoms with Gasteiger partial charge < -0.3 is 24.4 Å². The van der Waals surface area contributed by atoms with E-state index in [1.807, 2.05) is 0 Å². The lowest BCUT2D eigenvalue weighted by molar-refractivity contribution is -0.153. The molecule has 0 atom stereocenters. The van der Waals surface area contributed by atoms with E-state index in [1.165, 1.54) is 13.2 Å². The van der Waals surface area contributed by atoms with Gasteiger partial charge in [0.25, 0.3) is 0 Å². The molecule has 2 N–H and O–H groups in total. The largest absolute Gasteiger partial charge is 0.481 e. The number of rotatable bonds is 11. The predicted molar refractivity (Wildman–Crippen MR) is 66.2 cm³/mol. The van der Waals surface area contributed by atoms with Crippen molar-refractivity contribution in [2.75, 3.05) is 33.5 Å². The zero-order valence-corrected chi connectivity index (χ0v) is 11.2. The number of carbonyl (C=O) groups is 3. The first-order chi connectivity index (χ1) is 9.47. The molecule has 0 rings (SSSR count). The van der Waals surface area contributed by atoms with Gasteiger partial charge in [-0.25, -0.2) is 9.59 Å². The summed E-state index contributed by atoms with van der Waals surface area (Å²) in [6.45, 7) is 0.313. The van der Waals surface area contributed by atoms with Gasteiger partial charge in [0.2, 0.25) is 0 Å². The van der Waals surface area contributed by atoms with Gasteiger partial charge in [-0.2, -0.15) is 0 Å². The highest BCUT2D eigenvalue weighted by Crippen LogP contribution is 2.06. The van der Waals surface area contributed by atoms with E-state index < -0.39 is 30.9 Å². The molecule has 20 heavy (non-hydrogen) atoms. The first-order valence-corrected chi connectivity index (χ1v) is 5.83. The van der Waals surface area contributed by atoms with E-state index in [4.69, 9.17) is 19.7 Å². The van der Waals surface area contributed by atoms with Crippen molar-refractivity contribution in [3.8, 4) is 0 Å². The lowest BCUT2D eigenvalue weighted by Crippen LogP contribution is -2.16. The second-order valence-corrected chi connectivity index (χ2v) is 3.66. The van der Waals surface area contributed by atoms with Crippen molar-refractivity contribution in [3.63, 3.8) is 0 Å². The van der Waals surface area contributed by atoms with Crippen molar-refractivity contribution in [1.29, 1.82) is 0 Å². The normalized spacial score (nSPS) is 11.2. The number of carboxylic acid groups (broad SMARTS) is 2. The molecule has 0 heterocycles. The highest BCUT2D eigenvalue weighted by molar-refractivity contribution is 5.94. The highest BCUT2D eigenvalue weighted by Gasteiger charge is 2.15. The fourth-order valence-electron chi connectivity index (χ4n) is 1.17. The van der Waals surface area contributed by atoms with E-state index in [2.05, 4.69) is 4.74 Å². The minimum atomic E-state index is -1.31. The quantitative estimate of drug-likeness (QED) is 0.311. The maximum Gasteiger partial charge on any atom is 0.341 e.